The highest BCUT2D eigenvalue weighted by Gasteiger charge is 2.10. The third kappa shape index (κ3) is 23.5. The first-order valence-electron chi connectivity index (χ1n) is 12.1. The second-order valence-electron chi connectivity index (χ2n) is 7.81. The smallest absolute Gasteiger partial charge is 0.394 e. The maximum absolute atomic E-state index is 11.7. The lowest BCUT2D eigenvalue weighted by Crippen LogP contribution is -2.25. The number of unbranched alkanes of at least 4 members (excludes halogenated alkanes) is 11. The van der Waals surface area contributed by atoms with Gasteiger partial charge in [0.2, 0.25) is 5.91 Å². The van der Waals surface area contributed by atoms with Crippen molar-refractivity contribution in [3.8, 4) is 0 Å². The van der Waals surface area contributed by atoms with Gasteiger partial charge >= 0.3 is 10.4 Å². The number of carbonyl (C=O) groups excluding carboxylic acids is 1. The van der Waals surface area contributed by atoms with Crippen molar-refractivity contribution in [1.29, 1.82) is 0 Å². The topological polar surface area (TPSA) is 102 Å². The van der Waals surface area contributed by atoms with Gasteiger partial charge in [-0.05, 0) is 38.5 Å². The van der Waals surface area contributed by atoms with E-state index in [1.165, 1.54) is 57.8 Å². The van der Waals surface area contributed by atoms with E-state index in [2.05, 4.69) is 32.8 Å². The number of allylic oxidation sites excluding steroid dienone is 2. The summed E-state index contributed by atoms with van der Waals surface area (Å²) in [6, 6.07) is 0. The van der Waals surface area contributed by atoms with Crippen molar-refractivity contribution in [2.24, 2.45) is 0 Å². The first kappa shape index (κ1) is 30.0. The van der Waals surface area contributed by atoms with Gasteiger partial charge in [-0.1, -0.05) is 70.4 Å². The van der Waals surface area contributed by atoms with Crippen molar-refractivity contribution in [1.82, 2.24) is 5.32 Å². The third-order valence-electron chi connectivity index (χ3n) is 4.86. The Morgan fingerprint density at radius 3 is 1.97 bits per heavy atom. The summed E-state index contributed by atoms with van der Waals surface area (Å²) in [7, 11) is -4.06. The second kappa shape index (κ2) is 22.2. The van der Waals surface area contributed by atoms with E-state index in [0.29, 0.717) is 19.4 Å². The summed E-state index contributed by atoms with van der Waals surface area (Å²) in [5.41, 5.74) is 0. The van der Waals surface area contributed by atoms with Crippen LogP contribution in [0.3, 0.4) is 0 Å². The van der Waals surface area contributed by atoms with Gasteiger partial charge in [-0.25, -0.2) is 8.37 Å². The Balaban J connectivity index is 3.37. The molecule has 0 radical (unpaired) electrons. The van der Waals surface area contributed by atoms with Gasteiger partial charge in [-0.3, -0.25) is 4.79 Å². The molecule has 0 unspecified atom stereocenters. The molecule has 0 bridgehead atoms. The van der Waals surface area contributed by atoms with Crippen molar-refractivity contribution in [2.45, 2.75) is 103 Å². The van der Waals surface area contributed by atoms with Crippen LogP contribution in [0.25, 0.3) is 0 Å². The first-order valence-corrected chi connectivity index (χ1v) is 13.4. The average Bonchev–Trinajstić information content (AvgIpc) is 2.74. The molecule has 0 spiro atoms. The normalized spacial score (nSPS) is 11.9. The lowest BCUT2D eigenvalue weighted by molar-refractivity contribution is -0.121. The molecule has 8 heteroatoms. The van der Waals surface area contributed by atoms with E-state index in [1.54, 1.807) is 0 Å². The molecule has 1 amide bonds. The van der Waals surface area contributed by atoms with Crippen LogP contribution in [0.15, 0.2) is 12.2 Å². The van der Waals surface area contributed by atoms with Crippen molar-refractivity contribution in [3.05, 3.63) is 12.2 Å². The van der Waals surface area contributed by atoms with Crippen molar-refractivity contribution >= 4 is 16.3 Å². The molecule has 184 valence electrons. The fraction of sp³-hybridized carbons (Fsp3) is 0.870. The fourth-order valence-corrected chi connectivity index (χ4v) is 3.75. The predicted molar refractivity (Wildman–Crippen MR) is 125 cm³/mol. The lowest BCUT2D eigenvalue weighted by Gasteiger charge is -2.06. The Hall–Kier alpha value is -0.960. The minimum absolute atomic E-state index is 0.0167. The highest BCUT2D eigenvalue weighted by atomic mass is 32.3. The number of amides is 1. The molecule has 2 N–H and O–H groups in total. The molecule has 0 aliphatic rings. The number of nitrogens with one attached hydrogen (secondary N) is 1. The molecule has 31 heavy (non-hydrogen) atoms. The van der Waals surface area contributed by atoms with Gasteiger partial charge in [0.25, 0.3) is 0 Å². The van der Waals surface area contributed by atoms with Crippen LogP contribution >= 0.6 is 0 Å². The molecule has 0 fully saturated rings. The van der Waals surface area contributed by atoms with Crippen LogP contribution in [0.4, 0.5) is 0 Å². The molecule has 0 aliphatic carbocycles. The number of carbonyl (C=O) groups is 1. The molecule has 0 aromatic rings. The summed E-state index contributed by atoms with van der Waals surface area (Å²) < 4.78 is 31.4. The van der Waals surface area contributed by atoms with Crippen LogP contribution in [0.5, 0.6) is 0 Å². The number of aliphatic hydroxyl groups is 1. The predicted octanol–water partition coefficient (Wildman–Crippen LogP) is 4.80. The van der Waals surface area contributed by atoms with E-state index < -0.39 is 17.0 Å². The van der Waals surface area contributed by atoms with Crippen LogP contribution < -0.4 is 5.32 Å². The third-order valence-corrected chi connectivity index (χ3v) is 5.77. The molecule has 0 aromatic heterocycles. The maximum Gasteiger partial charge on any atom is 0.399 e. The van der Waals surface area contributed by atoms with Crippen molar-refractivity contribution in [2.75, 3.05) is 26.4 Å². The van der Waals surface area contributed by atoms with Crippen molar-refractivity contribution in [3.63, 3.8) is 0 Å². The first-order chi connectivity index (χ1) is 15.0. The zero-order valence-corrected chi connectivity index (χ0v) is 20.3. The standard InChI is InChI=1S/C23H45NO6S/c1-2-3-4-5-6-7-8-9-10-11-12-13-14-15-16-18-23(26)24-19-17-21-29-31(27,28)30-22-20-25/h9-10,25H,2-8,11-22H2,1H3,(H,24,26)/b10-9-. The largest absolute Gasteiger partial charge is 0.399 e. The van der Waals surface area contributed by atoms with E-state index in [9.17, 15) is 13.2 Å². The van der Waals surface area contributed by atoms with Gasteiger partial charge in [0.1, 0.15) is 0 Å². The molecule has 0 heterocycles. The Labute approximate surface area is 190 Å². The molecule has 0 saturated carbocycles. The van der Waals surface area contributed by atoms with Crippen LogP contribution in [0, 0.1) is 0 Å². The Morgan fingerprint density at radius 1 is 0.806 bits per heavy atom. The van der Waals surface area contributed by atoms with Crippen molar-refractivity contribution < 1.29 is 26.7 Å². The summed E-state index contributed by atoms with van der Waals surface area (Å²) in [6.45, 7) is 1.82. The zero-order valence-electron chi connectivity index (χ0n) is 19.5. The quantitative estimate of drug-likeness (QED) is 0.167. The van der Waals surface area contributed by atoms with Crippen LogP contribution in [0.1, 0.15) is 103 Å². The fourth-order valence-electron chi connectivity index (χ4n) is 3.08. The van der Waals surface area contributed by atoms with E-state index in [-0.39, 0.29) is 19.1 Å². The molecule has 0 aromatic carbocycles. The van der Waals surface area contributed by atoms with Gasteiger partial charge in [-0.15, -0.1) is 0 Å². The monoisotopic (exact) mass is 463 g/mol. The zero-order chi connectivity index (χ0) is 23.0. The molecule has 0 aliphatic heterocycles. The SMILES string of the molecule is CCCCCCCC/C=C\CCCCCCCC(=O)NCCCOS(=O)(=O)OCCO. The second-order valence-corrected chi connectivity index (χ2v) is 9.10. The number of rotatable bonds is 23. The Bertz CT molecular complexity index is 536. The summed E-state index contributed by atoms with van der Waals surface area (Å²) in [4.78, 5) is 11.7. The highest BCUT2D eigenvalue weighted by molar-refractivity contribution is 7.81. The van der Waals surface area contributed by atoms with Crippen LogP contribution in [0.2, 0.25) is 0 Å². The minimum atomic E-state index is -4.06. The summed E-state index contributed by atoms with van der Waals surface area (Å²) in [5.74, 6) is -0.0167. The molecule has 0 rings (SSSR count). The summed E-state index contributed by atoms with van der Waals surface area (Å²) in [6.07, 6.45) is 21.5. The van der Waals surface area contributed by atoms with Gasteiger partial charge in [0.05, 0.1) is 19.8 Å². The average molecular weight is 464 g/mol. The number of aliphatic hydroxyl groups excluding tert-OH is 1. The summed E-state index contributed by atoms with van der Waals surface area (Å²) in [5, 5.41) is 11.3. The van der Waals surface area contributed by atoms with Gasteiger partial charge in [0, 0.05) is 13.0 Å². The van der Waals surface area contributed by atoms with Crippen LogP contribution in [-0.4, -0.2) is 45.8 Å². The molecule has 7 nitrogen and oxygen atoms in total. The minimum Gasteiger partial charge on any atom is -0.394 e. The molecule has 0 saturated heterocycles. The number of hydrogen-bond acceptors (Lipinski definition) is 6. The van der Waals surface area contributed by atoms with E-state index in [4.69, 9.17) is 5.11 Å². The van der Waals surface area contributed by atoms with Crippen LogP contribution in [-0.2, 0) is 23.6 Å². The van der Waals surface area contributed by atoms with Gasteiger partial charge < -0.3 is 10.4 Å². The maximum atomic E-state index is 11.7. The molecular formula is C23H45NO6S. The Kier molecular flexibility index (Phi) is 21.6. The molecule has 0 atom stereocenters. The number of hydrogen-bond donors (Lipinski definition) is 2. The molecular weight excluding hydrogens is 418 g/mol. The highest BCUT2D eigenvalue weighted by Crippen LogP contribution is 2.10. The lowest BCUT2D eigenvalue weighted by atomic mass is 10.1. The Morgan fingerprint density at radius 2 is 1.35 bits per heavy atom. The van der Waals surface area contributed by atoms with E-state index in [0.717, 1.165) is 25.7 Å². The summed E-state index contributed by atoms with van der Waals surface area (Å²) >= 11 is 0. The van der Waals surface area contributed by atoms with E-state index in [1.807, 2.05) is 0 Å². The van der Waals surface area contributed by atoms with Gasteiger partial charge in [0.15, 0.2) is 0 Å². The van der Waals surface area contributed by atoms with E-state index >= 15 is 0 Å². The van der Waals surface area contributed by atoms with Gasteiger partial charge in [-0.2, -0.15) is 8.42 Å².